The van der Waals surface area contributed by atoms with E-state index in [1.54, 1.807) is 0 Å². The Kier molecular flexibility index (Phi) is 3.14. The minimum absolute atomic E-state index is 0.355. The van der Waals surface area contributed by atoms with Crippen LogP contribution in [0.2, 0.25) is 0 Å². The van der Waals surface area contributed by atoms with Crippen molar-refractivity contribution in [1.82, 2.24) is 0 Å². The fraction of sp³-hybridized carbons (Fsp3) is 0.222. The Morgan fingerprint density at radius 2 is 2.33 bits per heavy atom. The molecule has 62 valence electrons. The first kappa shape index (κ1) is 8.59. The standard InChI is InChI=1S/C9H11N3/c1-8-3-2-4-9(7-8)12-11-6-5-10/h2-5,7,10H,6H2,1H3. The molecule has 0 bridgehead atoms. The van der Waals surface area contributed by atoms with Crippen molar-refractivity contribution >= 4 is 11.9 Å². The number of hydrogen-bond acceptors (Lipinski definition) is 3. The SMILES string of the molecule is Cc1cccc(N=NCC=N)c1. The number of benzene rings is 1. The third-order valence-electron chi connectivity index (χ3n) is 1.36. The monoisotopic (exact) mass is 161 g/mol. The van der Waals surface area contributed by atoms with E-state index in [-0.39, 0.29) is 0 Å². The van der Waals surface area contributed by atoms with Gasteiger partial charge in [-0.15, -0.1) is 0 Å². The number of nitrogens with zero attached hydrogens (tertiary/aromatic N) is 2. The third kappa shape index (κ3) is 2.62. The molecule has 0 saturated carbocycles. The van der Waals surface area contributed by atoms with E-state index in [9.17, 15) is 0 Å². The zero-order chi connectivity index (χ0) is 8.81. The van der Waals surface area contributed by atoms with Gasteiger partial charge in [-0.3, -0.25) is 0 Å². The lowest BCUT2D eigenvalue weighted by Gasteiger charge is -1.92. The van der Waals surface area contributed by atoms with E-state index in [1.165, 1.54) is 11.8 Å². The molecule has 0 atom stereocenters. The van der Waals surface area contributed by atoms with Crippen LogP contribution in [0, 0.1) is 12.3 Å². The number of hydrogen-bond donors (Lipinski definition) is 1. The van der Waals surface area contributed by atoms with Gasteiger partial charge in [0.2, 0.25) is 0 Å². The maximum absolute atomic E-state index is 6.73. The highest BCUT2D eigenvalue weighted by Gasteiger charge is 1.87. The highest BCUT2D eigenvalue weighted by Crippen LogP contribution is 2.13. The predicted octanol–water partition coefficient (Wildman–Crippen LogP) is 2.73. The maximum atomic E-state index is 6.73. The molecule has 0 heterocycles. The summed E-state index contributed by atoms with van der Waals surface area (Å²) in [5.41, 5.74) is 2.01. The summed E-state index contributed by atoms with van der Waals surface area (Å²) in [6, 6.07) is 7.79. The van der Waals surface area contributed by atoms with Crippen LogP contribution in [0.25, 0.3) is 0 Å². The number of azo groups is 1. The molecule has 1 aromatic carbocycles. The van der Waals surface area contributed by atoms with E-state index < -0.39 is 0 Å². The Bertz CT molecular complexity index is 292. The molecule has 0 spiro atoms. The lowest BCUT2D eigenvalue weighted by atomic mass is 10.2. The van der Waals surface area contributed by atoms with Crippen molar-refractivity contribution in [1.29, 1.82) is 5.41 Å². The van der Waals surface area contributed by atoms with Gasteiger partial charge in [-0.25, -0.2) is 0 Å². The molecule has 12 heavy (non-hydrogen) atoms. The molecule has 0 radical (unpaired) electrons. The molecule has 1 rings (SSSR count). The summed E-state index contributed by atoms with van der Waals surface area (Å²) in [5.74, 6) is 0. The van der Waals surface area contributed by atoms with Crippen molar-refractivity contribution in [2.45, 2.75) is 6.92 Å². The van der Waals surface area contributed by atoms with Crippen LogP contribution in [0.5, 0.6) is 0 Å². The molecular weight excluding hydrogens is 150 g/mol. The molecule has 0 aliphatic rings. The van der Waals surface area contributed by atoms with Gasteiger partial charge in [0, 0.05) is 6.21 Å². The second-order valence-electron chi connectivity index (χ2n) is 2.47. The third-order valence-corrected chi connectivity index (χ3v) is 1.36. The maximum Gasteiger partial charge on any atom is 0.0948 e. The minimum atomic E-state index is 0.355. The van der Waals surface area contributed by atoms with Crippen molar-refractivity contribution in [3.8, 4) is 0 Å². The Morgan fingerprint density at radius 1 is 1.50 bits per heavy atom. The van der Waals surface area contributed by atoms with Crippen molar-refractivity contribution in [2.75, 3.05) is 6.54 Å². The molecule has 3 nitrogen and oxygen atoms in total. The van der Waals surface area contributed by atoms with E-state index in [2.05, 4.69) is 10.2 Å². The Balaban J connectivity index is 2.69. The fourth-order valence-electron chi connectivity index (χ4n) is 0.853. The molecule has 3 heteroatoms. The summed E-state index contributed by atoms with van der Waals surface area (Å²) >= 11 is 0. The molecule has 0 amide bonds. The topological polar surface area (TPSA) is 48.6 Å². The molecule has 0 aromatic heterocycles. The zero-order valence-electron chi connectivity index (χ0n) is 6.99. The largest absolute Gasteiger partial charge is 0.311 e. The van der Waals surface area contributed by atoms with Crippen LogP contribution in [-0.4, -0.2) is 12.8 Å². The van der Waals surface area contributed by atoms with Crippen LogP contribution in [0.4, 0.5) is 5.69 Å². The summed E-state index contributed by atoms with van der Waals surface area (Å²) in [6.07, 6.45) is 1.22. The van der Waals surface area contributed by atoms with Crippen molar-refractivity contribution in [2.24, 2.45) is 10.2 Å². The Morgan fingerprint density at radius 3 is 3.00 bits per heavy atom. The molecule has 0 aliphatic carbocycles. The Hall–Kier alpha value is -1.51. The lowest BCUT2D eigenvalue weighted by molar-refractivity contribution is 1.10. The molecule has 0 fully saturated rings. The van der Waals surface area contributed by atoms with Crippen LogP contribution in [0.15, 0.2) is 34.5 Å². The molecule has 0 aliphatic heterocycles. The summed E-state index contributed by atoms with van der Waals surface area (Å²) in [7, 11) is 0. The van der Waals surface area contributed by atoms with E-state index in [0.29, 0.717) is 6.54 Å². The Labute approximate surface area is 71.7 Å². The quantitative estimate of drug-likeness (QED) is 0.523. The van der Waals surface area contributed by atoms with Crippen molar-refractivity contribution < 1.29 is 0 Å². The van der Waals surface area contributed by atoms with Crippen LogP contribution in [-0.2, 0) is 0 Å². The van der Waals surface area contributed by atoms with E-state index in [4.69, 9.17) is 5.41 Å². The van der Waals surface area contributed by atoms with Gasteiger partial charge in [0.1, 0.15) is 0 Å². The average molecular weight is 161 g/mol. The first-order chi connectivity index (χ1) is 5.83. The van der Waals surface area contributed by atoms with E-state index >= 15 is 0 Å². The summed E-state index contributed by atoms with van der Waals surface area (Å²) in [4.78, 5) is 0. The van der Waals surface area contributed by atoms with Gasteiger partial charge in [-0.1, -0.05) is 12.1 Å². The first-order valence-electron chi connectivity index (χ1n) is 3.76. The normalized spacial score (nSPS) is 10.4. The highest BCUT2D eigenvalue weighted by atomic mass is 15.1. The second-order valence-corrected chi connectivity index (χ2v) is 2.47. The van der Waals surface area contributed by atoms with Crippen LogP contribution >= 0.6 is 0 Å². The van der Waals surface area contributed by atoms with Crippen LogP contribution < -0.4 is 0 Å². The fourth-order valence-corrected chi connectivity index (χ4v) is 0.853. The summed E-state index contributed by atoms with van der Waals surface area (Å²) < 4.78 is 0. The van der Waals surface area contributed by atoms with Crippen LogP contribution in [0.1, 0.15) is 5.56 Å². The van der Waals surface area contributed by atoms with Gasteiger partial charge in [-0.2, -0.15) is 10.2 Å². The molecule has 0 saturated heterocycles. The van der Waals surface area contributed by atoms with Crippen molar-refractivity contribution in [3.05, 3.63) is 29.8 Å². The first-order valence-corrected chi connectivity index (χ1v) is 3.76. The molecular formula is C9H11N3. The van der Waals surface area contributed by atoms with E-state index in [1.807, 2.05) is 31.2 Å². The molecule has 0 unspecified atom stereocenters. The molecule has 1 aromatic rings. The van der Waals surface area contributed by atoms with Gasteiger partial charge in [0.15, 0.2) is 0 Å². The van der Waals surface area contributed by atoms with Gasteiger partial charge in [-0.05, 0) is 24.6 Å². The highest BCUT2D eigenvalue weighted by molar-refractivity contribution is 5.55. The zero-order valence-corrected chi connectivity index (χ0v) is 6.99. The van der Waals surface area contributed by atoms with Crippen molar-refractivity contribution in [3.63, 3.8) is 0 Å². The number of nitrogens with one attached hydrogen (secondary N) is 1. The summed E-state index contributed by atoms with van der Waals surface area (Å²) in [6.45, 7) is 2.36. The minimum Gasteiger partial charge on any atom is -0.311 e. The number of aryl methyl sites for hydroxylation is 1. The molecule has 1 N–H and O–H groups in total. The average Bonchev–Trinajstić information content (AvgIpc) is 2.05. The van der Waals surface area contributed by atoms with Crippen LogP contribution in [0.3, 0.4) is 0 Å². The number of rotatable bonds is 3. The lowest BCUT2D eigenvalue weighted by Crippen LogP contribution is -1.75. The second kappa shape index (κ2) is 4.38. The smallest absolute Gasteiger partial charge is 0.0948 e. The van der Waals surface area contributed by atoms with Gasteiger partial charge < -0.3 is 5.41 Å². The van der Waals surface area contributed by atoms with Gasteiger partial charge >= 0.3 is 0 Å². The van der Waals surface area contributed by atoms with Gasteiger partial charge in [0.05, 0.1) is 12.2 Å². The van der Waals surface area contributed by atoms with Gasteiger partial charge in [0.25, 0.3) is 0 Å². The predicted molar refractivity (Wildman–Crippen MR) is 49.3 cm³/mol. The van der Waals surface area contributed by atoms with E-state index in [0.717, 1.165) is 5.69 Å². The summed E-state index contributed by atoms with van der Waals surface area (Å²) in [5, 5.41) is 14.4.